The average Bonchev–Trinajstić information content (AvgIpc) is 3.40. The van der Waals surface area contributed by atoms with Gasteiger partial charge in [0.05, 0.1) is 0 Å². The molecule has 1 nitrogen and oxygen atoms in total. The maximum absolute atomic E-state index is 12.2. The normalized spacial score (nSPS) is 14.1. The Kier molecular flexibility index (Phi) is 5.31. The van der Waals surface area contributed by atoms with Gasteiger partial charge in [0.25, 0.3) is 0 Å². The summed E-state index contributed by atoms with van der Waals surface area (Å²) < 4.78 is 0. The van der Waals surface area contributed by atoms with Crippen LogP contribution in [0.25, 0.3) is 67.1 Å². The number of aryl methyl sites for hydroxylation is 1. The minimum atomic E-state index is 0.269. The second-order valence-electron chi connectivity index (χ2n) is 11.0. The third kappa shape index (κ3) is 3.66. The van der Waals surface area contributed by atoms with Gasteiger partial charge in [0, 0.05) is 12.0 Å². The fraction of sp³-hybridized carbons (Fsp3) is 0.103. The zero-order valence-electron chi connectivity index (χ0n) is 22.3. The van der Waals surface area contributed by atoms with Gasteiger partial charge in [0.15, 0.2) is 5.78 Å². The predicted molar refractivity (Wildman–Crippen MR) is 168 cm³/mol. The summed E-state index contributed by atoms with van der Waals surface area (Å²) in [6.07, 6.45) is 8.48. The van der Waals surface area contributed by atoms with Gasteiger partial charge < -0.3 is 0 Å². The van der Waals surface area contributed by atoms with E-state index in [9.17, 15) is 4.79 Å². The molecule has 0 aromatic heterocycles. The number of carbonyl (C=O) groups is 1. The van der Waals surface area contributed by atoms with Gasteiger partial charge >= 0.3 is 0 Å². The van der Waals surface area contributed by atoms with E-state index >= 15 is 0 Å². The van der Waals surface area contributed by atoms with E-state index in [2.05, 4.69) is 115 Å². The van der Waals surface area contributed by atoms with Gasteiger partial charge in [-0.05, 0) is 108 Å². The summed E-state index contributed by atoms with van der Waals surface area (Å²) in [7, 11) is 0. The molecule has 0 spiro atoms. The Morgan fingerprint density at radius 3 is 2.00 bits per heavy atom. The number of benzene rings is 6. The number of hydrogen-bond donors (Lipinski definition) is 0. The Hall–Kier alpha value is -4.75. The number of rotatable bonds is 3. The topological polar surface area (TPSA) is 17.1 Å². The van der Waals surface area contributed by atoms with Crippen molar-refractivity contribution in [1.29, 1.82) is 0 Å². The van der Waals surface area contributed by atoms with Crippen LogP contribution in [0.5, 0.6) is 0 Å². The second-order valence-corrected chi connectivity index (χ2v) is 11.0. The van der Waals surface area contributed by atoms with Gasteiger partial charge in [-0.2, -0.15) is 0 Å². The first-order valence-corrected chi connectivity index (χ1v) is 14.3. The summed E-state index contributed by atoms with van der Waals surface area (Å²) in [4.78, 5) is 12.2. The molecule has 6 aromatic rings. The van der Waals surface area contributed by atoms with Crippen LogP contribution < -0.4 is 10.4 Å². The Bertz CT molecular complexity index is 2120. The fourth-order valence-corrected chi connectivity index (χ4v) is 6.78. The van der Waals surface area contributed by atoms with Crippen LogP contribution in [0, 0.1) is 0 Å². The standard InChI is InChI=1S/C39H28O/c40-39-20-18-29-22-27(17-19-30(29)39)26-11-8-12-28(21-26)36-24-38-33-15-6-4-13-31(33)35(25-9-2-1-3-10-25)23-37(38)34-16-7-5-14-32(34)36/h1-3,5,7-17,19,21-24H,4,6,18,20H2. The molecule has 0 fully saturated rings. The molecule has 0 heterocycles. The van der Waals surface area contributed by atoms with E-state index in [1.54, 1.807) is 0 Å². The molecule has 0 atom stereocenters. The highest BCUT2D eigenvalue weighted by Gasteiger charge is 2.20. The lowest BCUT2D eigenvalue weighted by molar-refractivity contribution is 0.0994. The molecule has 0 unspecified atom stereocenters. The smallest absolute Gasteiger partial charge is 0.163 e. The van der Waals surface area contributed by atoms with E-state index in [4.69, 9.17) is 0 Å². The lowest BCUT2D eigenvalue weighted by atomic mass is 9.87. The highest BCUT2D eigenvalue weighted by Crippen LogP contribution is 2.37. The van der Waals surface area contributed by atoms with Crippen molar-refractivity contribution in [3.05, 3.63) is 131 Å². The molecule has 0 saturated heterocycles. The van der Waals surface area contributed by atoms with Gasteiger partial charge in [-0.15, -0.1) is 0 Å². The van der Waals surface area contributed by atoms with E-state index in [-0.39, 0.29) is 5.78 Å². The lowest BCUT2D eigenvalue weighted by Gasteiger charge is -2.16. The molecule has 0 radical (unpaired) electrons. The molecule has 0 amide bonds. The second kappa shape index (κ2) is 9.17. The van der Waals surface area contributed by atoms with E-state index in [1.807, 2.05) is 6.07 Å². The highest BCUT2D eigenvalue weighted by atomic mass is 16.1. The number of Topliss-reactive ketones (excluding diaryl/α,β-unsaturated/α-hetero) is 1. The van der Waals surface area contributed by atoms with Gasteiger partial charge in [-0.3, -0.25) is 4.79 Å². The molecule has 1 heteroatoms. The molecule has 0 aliphatic heterocycles. The monoisotopic (exact) mass is 512 g/mol. The van der Waals surface area contributed by atoms with Crippen LogP contribution in [0.2, 0.25) is 0 Å². The van der Waals surface area contributed by atoms with Crippen molar-refractivity contribution in [2.24, 2.45) is 0 Å². The number of ketones is 1. The van der Waals surface area contributed by atoms with Gasteiger partial charge in [0.2, 0.25) is 0 Å². The van der Waals surface area contributed by atoms with Crippen LogP contribution in [0.1, 0.15) is 35.2 Å². The number of fused-ring (bicyclic) bond motifs is 6. The molecule has 6 aromatic carbocycles. The van der Waals surface area contributed by atoms with Crippen LogP contribution >= 0.6 is 0 Å². The SMILES string of the molecule is O=C1CCc2cc(-c3cccc(-c4cc5c6c(c(-c7ccccc7)cc5c5ccccc45)=CCCC=6)c3)ccc21. The summed E-state index contributed by atoms with van der Waals surface area (Å²) in [5.74, 6) is 0.269. The van der Waals surface area contributed by atoms with Crippen molar-refractivity contribution in [2.75, 3.05) is 0 Å². The van der Waals surface area contributed by atoms with Gasteiger partial charge in [-0.25, -0.2) is 0 Å². The van der Waals surface area contributed by atoms with Crippen molar-refractivity contribution < 1.29 is 4.79 Å². The summed E-state index contributed by atoms with van der Waals surface area (Å²) >= 11 is 0. The van der Waals surface area contributed by atoms with Crippen LogP contribution in [-0.4, -0.2) is 5.78 Å². The summed E-state index contributed by atoms with van der Waals surface area (Å²) in [5, 5.41) is 7.89. The Balaban J connectivity index is 1.38. The summed E-state index contributed by atoms with van der Waals surface area (Å²) in [6, 6.07) is 39.7. The molecule has 190 valence electrons. The third-order valence-corrected chi connectivity index (χ3v) is 8.73. The molecule has 2 aliphatic rings. The first-order chi connectivity index (χ1) is 19.7. The van der Waals surface area contributed by atoms with Crippen LogP contribution in [0.3, 0.4) is 0 Å². The minimum absolute atomic E-state index is 0.269. The molecular formula is C39H28O. The predicted octanol–water partition coefficient (Wildman–Crippen LogP) is 8.48. The molecule has 2 aliphatic carbocycles. The van der Waals surface area contributed by atoms with Gasteiger partial charge in [0.1, 0.15) is 0 Å². The number of hydrogen-bond acceptors (Lipinski definition) is 1. The minimum Gasteiger partial charge on any atom is -0.294 e. The maximum Gasteiger partial charge on any atom is 0.163 e. The fourth-order valence-electron chi connectivity index (χ4n) is 6.78. The van der Waals surface area contributed by atoms with Crippen molar-refractivity contribution in [2.45, 2.75) is 25.7 Å². The maximum atomic E-state index is 12.2. The summed E-state index contributed by atoms with van der Waals surface area (Å²) in [5.41, 5.74) is 9.49. The Morgan fingerprint density at radius 1 is 0.425 bits per heavy atom. The summed E-state index contributed by atoms with van der Waals surface area (Å²) in [6.45, 7) is 0. The zero-order chi connectivity index (χ0) is 26.6. The highest BCUT2D eigenvalue weighted by molar-refractivity contribution is 6.15. The molecule has 0 bridgehead atoms. The Labute approximate surface area is 233 Å². The van der Waals surface area contributed by atoms with Crippen molar-refractivity contribution in [3.8, 4) is 33.4 Å². The van der Waals surface area contributed by atoms with E-state index in [0.717, 1.165) is 24.8 Å². The third-order valence-electron chi connectivity index (χ3n) is 8.73. The number of carbonyl (C=O) groups excluding carboxylic acids is 1. The van der Waals surface area contributed by atoms with Crippen LogP contribution in [-0.2, 0) is 6.42 Å². The molecule has 8 rings (SSSR count). The first kappa shape index (κ1) is 23.2. The average molecular weight is 513 g/mol. The Morgan fingerprint density at radius 2 is 1.12 bits per heavy atom. The van der Waals surface area contributed by atoms with Crippen molar-refractivity contribution in [3.63, 3.8) is 0 Å². The quantitative estimate of drug-likeness (QED) is 0.217. The molecule has 0 N–H and O–H groups in total. The van der Waals surface area contributed by atoms with E-state index in [1.165, 1.54) is 70.9 Å². The lowest BCUT2D eigenvalue weighted by Crippen LogP contribution is -2.29. The van der Waals surface area contributed by atoms with Crippen molar-refractivity contribution >= 4 is 39.5 Å². The zero-order valence-corrected chi connectivity index (χ0v) is 22.3. The van der Waals surface area contributed by atoms with Crippen molar-refractivity contribution in [1.82, 2.24) is 0 Å². The first-order valence-electron chi connectivity index (χ1n) is 14.3. The van der Waals surface area contributed by atoms with Crippen LogP contribution in [0.4, 0.5) is 0 Å². The largest absolute Gasteiger partial charge is 0.294 e. The molecule has 40 heavy (non-hydrogen) atoms. The van der Waals surface area contributed by atoms with E-state index in [0.29, 0.717) is 6.42 Å². The van der Waals surface area contributed by atoms with Gasteiger partial charge in [-0.1, -0.05) is 103 Å². The van der Waals surface area contributed by atoms with Crippen LogP contribution in [0.15, 0.2) is 109 Å². The van der Waals surface area contributed by atoms with E-state index < -0.39 is 0 Å². The molecular weight excluding hydrogens is 484 g/mol. The molecule has 0 saturated carbocycles.